The van der Waals surface area contributed by atoms with Crippen LogP contribution < -0.4 is 10.6 Å². The van der Waals surface area contributed by atoms with Gasteiger partial charge in [0.05, 0.1) is 31.5 Å². The van der Waals surface area contributed by atoms with Crippen molar-refractivity contribution < 1.29 is 14.3 Å². The van der Waals surface area contributed by atoms with Gasteiger partial charge in [-0.1, -0.05) is 0 Å². The molecule has 2 aliphatic carbocycles. The third kappa shape index (κ3) is 4.11. The number of hydrogen-bond acceptors (Lipinski definition) is 6. The highest BCUT2D eigenvalue weighted by atomic mass is 32.1. The normalized spacial score (nSPS) is 23.7. The molecular formula is C19H29N3O3S. The molecule has 6 nitrogen and oxygen atoms in total. The first-order valence-electron chi connectivity index (χ1n) is 9.93. The minimum Gasteiger partial charge on any atom is -0.352 e. The lowest BCUT2D eigenvalue weighted by Gasteiger charge is -2.35. The zero-order valence-corrected chi connectivity index (χ0v) is 16.3. The molecule has 3 aliphatic rings. The van der Waals surface area contributed by atoms with Gasteiger partial charge < -0.3 is 14.8 Å². The Morgan fingerprint density at radius 2 is 2.00 bits per heavy atom. The van der Waals surface area contributed by atoms with Gasteiger partial charge in [-0.25, -0.2) is 4.98 Å². The number of nitrogens with zero attached hydrogens (tertiary/aromatic N) is 1. The molecule has 144 valence electrons. The van der Waals surface area contributed by atoms with Gasteiger partial charge >= 0.3 is 0 Å². The lowest BCUT2D eigenvalue weighted by Crippen LogP contribution is -2.46. The Hall–Kier alpha value is -1.02. The van der Waals surface area contributed by atoms with Gasteiger partial charge in [0.15, 0.2) is 5.79 Å². The average molecular weight is 380 g/mol. The Kier molecular flexibility index (Phi) is 5.59. The molecule has 1 saturated heterocycles. The molecule has 1 spiro atoms. The number of aryl methyl sites for hydroxylation is 2. The Morgan fingerprint density at radius 1 is 1.27 bits per heavy atom. The topological polar surface area (TPSA) is 72.5 Å². The number of thiazole rings is 1. The second-order valence-corrected chi connectivity index (χ2v) is 8.80. The minimum atomic E-state index is -0.363. The van der Waals surface area contributed by atoms with Crippen molar-refractivity contribution in [2.75, 3.05) is 19.8 Å². The predicted molar refractivity (Wildman–Crippen MR) is 100 cm³/mol. The van der Waals surface area contributed by atoms with E-state index in [9.17, 15) is 4.79 Å². The van der Waals surface area contributed by atoms with Crippen LogP contribution in [0.4, 0.5) is 0 Å². The third-order valence-corrected chi connectivity index (χ3v) is 7.07. The van der Waals surface area contributed by atoms with Gasteiger partial charge in [-0.15, -0.1) is 11.3 Å². The van der Waals surface area contributed by atoms with Crippen LogP contribution in [0.3, 0.4) is 0 Å². The highest BCUT2D eigenvalue weighted by Gasteiger charge is 2.40. The molecule has 0 bridgehead atoms. The van der Waals surface area contributed by atoms with Crippen molar-refractivity contribution >= 4 is 17.2 Å². The van der Waals surface area contributed by atoms with E-state index >= 15 is 0 Å². The van der Waals surface area contributed by atoms with Crippen LogP contribution in [0.1, 0.15) is 67.1 Å². The van der Waals surface area contributed by atoms with E-state index in [1.165, 1.54) is 23.4 Å². The van der Waals surface area contributed by atoms with Crippen LogP contribution in [-0.4, -0.2) is 42.5 Å². The smallest absolute Gasteiger partial charge is 0.234 e. The molecule has 7 heteroatoms. The summed E-state index contributed by atoms with van der Waals surface area (Å²) in [6.45, 7) is 3.81. The van der Waals surface area contributed by atoms with Crippen molar-refractivity contribution in [1.29, 1.82) is 0 Å². The summed E-state index contributed by atoms with van der Waals surface area (Å²) in [6, 6.07) is 0.344. The van der Waals surface area contributed by atoms with Crippen molar-refractivity contribution in [3.05, 3.63) is 15.6 Å². The predicted octanol–water partition coefficient (Wildman–Crippen LogP) is 2.47. The number of aromatic nitrogens is 1. The Bertz CT molecular complexity index is 608. The molecule has 0 aromatic carbocycles. The van der Waals surface area contributed by atoms with Crippen LogP contribution in [0.2, 0.25) is 0 Å². The van der Waals surface area contributed by atoms with Gasteiger partial charge in [0.25, 0.3) is 0 Å². The van der Waals surface area contributed by atoms with Crippen LogP contribution in [0, 0.1) is 0 Å². The quantitative estimate of drug-likeness (QED) is 0.822. The summed E-state index contributed by atoms with van der Waals surface area (Å²) in [7, 11) is 0. The maximum absolute atomic E-state index is 12.3. The van der Waals surface area contributed by atoms with Crippen molar-refractivity contribution in [1.82, 2.24) is 15.6 Å². The summed E-state index contributed by atoms with van der Waals surface area (Å²) in [5.74, 6) is -0.301. The molecule has 2 heterocycles. The van der Waals surface area contributed by atoms with E-state index in [-0.39, 0.29) is 23.8 Å². The fourth-order valence-electron chi connectivity index (χ4n) is 4.16. The lowest BCUT2D eigenvalue weighted by molar-refractivity contribution is -0.180. The van der Waals surface area contributed by atoms with Gasteiger partial charge in [-0.05, 0) is 45.4 Å². The molecule has 1 unspecified atom stereocenters. The second kappa shape index (κ2) is 7.92. The van der Waals surface area contributed by atoms with Crippen molar-refractivity contribution in [2.24, 2.45) is 0 Å². The van der Waals surface area contributed by atoms with Crippen LogP contribution >= 0.6 is 11.3 Å². The van der Waals surface area contributed by atoms with Crippen LogP contribution in [0.5, 0.6) is 0 Å². The molecule has 2 fully saturated rings. The van der Waals surface area contributed by atoms with Crippen LogP contribution in [0.25, 0.3) is 0 Å². The monoisotopic (exact) mass is 379 g/mol. The molecule has 0 radical (unpaired) electrons. The molecule has 4 rings (SSSR count). The number of hydrogen-bond donors (Lipinski definition) is 2. The molecule has 1 aromatic heterocycles. The van der Waals surface area contributed by atoms with Crippen LogP contribution in [0.15, 0.2) is 0 Å². The standard InChI is InChI=1S/C19H29N3O3S/c1-13(18-22-15-4-2-3-5-16(15)26-18)20-12-17(23)21-14-6-8-19(9-7-14)24-10-11-25-19/h13-14,20H,2-12H2,1H3,(H,21,23). The molecule has 26 heavy (non-hydrogen) atoms. The number of ether oxygens (including phenoxy) is 2. The van der Waals surface area contributed by atoms with E-state index in [0.29, 0.717) is 19.8 Å². The molecular weight excluding hydrogens is 350 g/mol. The number of rotatable bonds is 5. The van der Waals surface area contributed by atoms with Crippen molar-refractivity contribution in [2.45, 2.75) is 76.2 Å². The first kappa shape index (κ1) is 18.3. The van der Waals surface area contributed by atoms with Gasteiger partial charge in [0, 0.05) is 23.8 Å². The molecule has 1 aliphatic heterocycles. The highest BCUT2D eigenvalue weighted by Crippen LogP contribution is 2.35. The van der Waals surface area contributed by atoms with Gasteiger partial charge in [-0.2, -0.15) is 0 Å². The Balaban J connectivity index is 1.21. The molecule has 1 aromatic rings. The third-order valence-electron chi connectivity index (χ3n) is 5.73. The SMILES string of the molecule is CC(NCC(=O)NC1CCC2(CC1)OCCO2)c1nc2c(s1)CCCC2. The van der Waals surface area contributed by atoms with Crippen molar-refractivity contribution in [3.8, 4) is 0 Å². The maximum Gasteiger partial charge on any atom is 0.234 e. The first-order valence-corrected chi connectivity index (χ1v) is 10.7. The number of amides is 1. The lowest BCUT2D eigenvalue weighted by atomic mass is 9.90. The fourth-order valence-corrected chi connectivity index (χ4v) is 5.34. The fraction of sp³-hybridized carbons (Fsp3) is 0.789. The Labute approximate surface area is 159 Å². The summed E-state index contributed by atoms with van der Waals surface area (Å²) in [6.07, 6.45) is 8.36. The van der Waals surface area contributed by atoms with Gasteiger partial charge in [0.1, 0.15) is 5.01 Å². The second-order valence-electron chi connectivity index (χ2n) is 7.68. The van der Waals surface area contributed by atoms with Crippen LogP contribution in [-0.2, 0) is 27.1 Å². The summed E-state index contributed by atoms with van der Waals surface area (Å²) < 4.78 is 11.5. The van der Waals surface area contributed by atoms with E-state index in [0.717, 1.165) is 43.5 Å². The largest absolute Gasteiger partial charge is 0.352 e. The number of nitrogens with one attached hydrogen (secondary N) is 2. The van der Waals surface area contributed by atoms with E-state index in [4.69, 9.17) is 14.5 Å². The van der Waals surface area contributed by atoms with E-state index in [1.54, 1.807) is 0 Å². The van der Waals surface area contributed by atoms with E-state index in [1.807, 2.05) is 11.3 Å². The zero-order chi connectivity index (χ0) is 18.0. The minimum absolute atomic E-state index is 0.0624. The van der Waals surface area contributed by atoms with Gasteiger partial charge in [0.2, 0.25) is 5.91 Å². The number of carbonyl (C=O) groups is 1. The molecule has 1 saturated carbocycles. The number of fused-ring (bicyclic) bond motifs is 1. The average Bonchev–Trinajstić information content (AvgIpc) is 3.29. The maximum atomic E-state index is 12.3. The zero-order valence-electron chi connectivity index (χ0n) is 15.5. The van der Waals surface area contributed by atoms with E-state index in [2.05, 4.69) is 17.6 Å². The van der Waals surface area contributed by atoms with Gasteiger partial charge in [-0.3, -0.25) is 10.1 Å². The molecule has 2 N–H and O–H groups in total. The summed E-state index contributed by atoms with van der Waals surface area (Å²) >= 11 is 1.81. The van der Waals surface area contributed by atoms with Crippen molar-refractivity contribution in [3.63, 3.8) is 0 Å². The molecule has 1 amide bonds. The Morgan fingerprint density at radius 3 is 2.73 bits per heavy atom. The highest BCUT2D eigenvalue weighted by molar-refractivity contribution is 7.11. The summed E-state index contributed by atoms with van der Waals surface area (Å²) in [5.41, 5.74) is 1.28. The summed E-state index contributed by atoms with van der Waals surface area (Å²) in [4.78, 5) is 18.5. The number of carbonyl (C=O) groups excluding carboxylic acids is 1. The molecule has 1 atom stereocenters. The first-order chi connectivity index (χ1) is 12.6. The summed E-state index contributed by atoms with van der Waals surface area (Å²) in [5, 5.41) is 7.59. The van der Waals surface area contributed by atoms with E-state index < -0.39 is 0 Å².